The van der Waals surface area contributed by atoms with E-state index in [1.54, 1.807) is 7.11 Å². The molecule has 3 atom stereocenters. The molecule has 2 bridgehead atoms. The second-order valence-electron chi connectivity index (χ2n) is 10.6. The molecule has 3 heterocycles. The van der Waals surface area contributed by atoms with Crippen molar-refractivity contribution < 1.29 is 23.8 Å². The number of piperidine rings is 1. The summed E-state index contributed by atoms with van der Waals surface area (Å²) in [5.41, 5.74) is 1.87. The predicted octanol–water partition coefficient (Wildman–Crippen LogP) is 3.34. The summed E-state index contributed by atoms with van der Waals surface area (Å²) in [4.78, 5) is 29.5. The van der Waals surface area contributed by atoms with Gasteiger partial charge in [0.15, 0.2) is 0 Å². The van der Waals surface area contributed by atoms with Crippen molar-refractivity contribution in [3.8, 4) is 0 Å². The lowest BCUT2D eigenvalue weighted by molar-refractivity contribution is -0.138. The summed E-state index contributed by atoms with van der Waals surface area (Å²) >= 11 is 0. The molecule has 2 aromatic carbocycles. The molecule has 3 aliphatic rings. The molecule has 39 heavy (non-hydrogen) atoms. The first-order valence-electron chi connectivity index (χ1n) is 13.9. The van der Waals surface area contributed by atoms with E-state index in [4.69, 9.17) is 14.2 Å². The number of anilines is 1. The van der Waals surface area contributed by atoms with Crippen LogP contribution in [0.4, 0.5) is 5.69 Å². The van der Waals surface area contributed by atoms with Crippen LogP contribution in [0.5, 0.6) is 0 Å². The number of nitrogens with zero attached hydrogens (tertiary/aromatic N) is 1. The maximum atomic E-state index is 13.8. The number of amides is 1. The van der Waals surface area contributed by atoms with E-state index in [0.717, 1.165) is 43.7 Å². The van der Waals surface area contributed by atoms with E-state index in [2.05, 4.69) is 27.7 Å². The summed E-state index contributed by atoms with van der Waals surface area (Å²) in [7, 11) is 3.08. The molecular weight excluding hydrogens is 494 g/mol. The van der Waals surface area contributed by atoms with Crippen LogP contribution in [0.15, 0.2) is 71.8 Å². The van der Waals surface area contributed by atoms with Gasteiger partial charge in [0.05, 0.1) is 37.0 Å². The lowest BCUT2D eigenvalue weighted by Gasteiger charge is -2.37. The van der Waals surface area contributed by atoms with Gasteiger partial charge in [-0.1, -0.05) is 48.5 Å². The fourth-order valence-electron chi connectivity index (χ4n) is 6.27. The molecule has 1 amide bonds. The van der Waals surface area contributed by atoms with E-state index in [1.165, 1.54) is 7.11 Å². The molecule has 8 nitrogen and oxygen atoms in total. The van der Waals surface area contributed by atoms with Crippen molar-refractivity contribution in [1.29, 1.82) is 0 Å². The van der Waals surface area contributed by atoms with Crippen LogP contribution < -0.4 is 10.6 Å². The minimum Gasteiger partial charge on any atom is -0.466 e. The number of para-hydroxylation sites is 1. The van der Waals surface area contributed by atoms with Crippen molar-refractivity contribution in [1.82, 2.24) is 10.2 Å². The predicted molar refractivity (Wildman–Crippen MR) is 149 cm³/mol. The summed E-state index contributed by atoms with van der Waals surface area (Å²) in [6, 6.07) is 19.9. The molecule has 3 unspecified atom stereocenters. The van der Waals surface area contributed by atoms with E-state index in [1.807, 2.05) is 48.5 Å². The number of hydrogen-bond acceptors (Lipinski definition) is 7. The monoisotopic (exact) mass is 533 g/mol. The van der Waals surface area contributed by atoms with Crippen LogP contribution in [0.1, 0.15) is 31.2 Å². The minimum atomic E-state index is -0.973. The molecule has 2 saturated heterocycles. The van der Waals surface area contributed by atoms with Gasteiger partial charge in [-0.05, 0) is 49.8 Å². The Morgan fingerprint density at radius 3 is 2.38 bits per heavy atom. The highest BCUT2D eigenvalue weighted by Gasteiger charge is 2.60. The average molecular weight is 534 g/mol. The van der Waals surface area contributed by atoms with Gasteiger partial charge in [0.1, 0.15) is 5.60 Å². The van der Waals surface area contributed by atoms with Gasteiger partial charge in [0, 0.05) is 38.5 Å². The van der Waals surface area contributed by atoms with Crippen LogP contribution in [0, 0.1) is 0 Å². The average Bonchev–Trinajstić information content (AvgIpc) is 3.56. The maximum absolute atomic E-state index is 13.8. The fourth-order valence-corrected chi connectivity index (χ4v) is 6.27. The lowest BCUT2D eigenvalue weighted by Crippen LogP contribution is -2.51. The highest BCUT2D eigenvalue weighted by Crippen LogP contribution is 2.51. The number of fused-ring (bicyclic) bond motifs is 2. The first kappa shape index (κ1) is 27.4. The summed E-state index contributed by atoms with van der Waals surface area (Å²) < 4.78 is 17.1. The van der Waals surface area contributed by atoms with Gasteiger partial charge >= 0.3 is 5.97 Å². The zero-order valence-corrected chi connectivity index (χ0v) is 22.9. The molecule has 0 saturated carbocycles. The Labute approximate surface area is 230 Å². The molecule has 0 radical (unpaired) electrons. The summed E-state index contributed by atoms with van der Waals surface area (Å²) in [6.45, 7) is 3.40. The number of methoxy groups -OCH3 is 2. The number of rotatable bonds is 11. The Balaban J connectivity index is 1.43. The molecule has 208 valence electrons. The number of ether oxygens (including phenoxy) is 3. The van der Waals surface area contributed by atoms with Gasteiger partial charge < -0.3 is 29.7 Å². The quantitative estimate of drug-likeness (QED) is 0.429. The lowest BCUT2D eigenvalue weighted by atomic mass is 9.75. The van der Waals surface area contributed by atoms with Crippen LogP contribution in [-0.2, 0) is 30.2 Å². The number of hydrogen-bond donors (Lipinski definition) is 2. The summed E-state index contributed by atoms with van der Waals surface area (Å²) in [5.74, 6) is -0.708. The van der Waals surface area contributed by atoms with Crippen molar-refractivity contribution in [3.05, 3.63) is 77.4 Å². The van der Waals surface area contributed by atoms with Gasteiger partial charge in [-0.25, -0.2) is 4.79 Å². The van der Waals surface area contributed by atoms with Crippen molar-refractivity contribution >= 4 is 17.6 Å². The third-order valence-corrected chi connectivity index (χ3v) is 8.27. The third-order valence-electron chi connectivity index (χ3n) is 8.27. The Hall–Kier alpha value is -3.20. The molecule has 2 N–H and O–H groups in total. The Bertz CT molecular complexity index is 1120. The van der Waals surface area contributed by atoms with Crippen molar-refractivity contribution in [2.45, 2.75) is 55.9 Å². The smallest absolute Gasteiger partial charge is 0.337 e. The van der Waals surface area contributed by atoms with Crippen LogP contribution in [0.2, 0.25) is 0 Å². The van der Waals surface area contributed by atoms with E-state index >= 15 is 0 Å². The normalized spacial score (nSPS) is 24.0. The Kier molecular flexibility index (Phi) is 8.65. The number of likely N-dealkylation sites (tertiary alicyclic amines) is 1. The first-order valence-corrected chi connectivity index (χ1v) is 13.9. The van der Waals surface area contributed by atoms with Crippen LogP contribution in [-0.4, -0.2) is 81.0 Å². The van der Waals surface area contributed by atoms with Crippen LogP contribution in [0.25, 0.3) is 0 Å². The van der Waals surface area contributed by atoms with Crippen molar-refractivity contribution in [3.63, 3.8) is 0 Å². The zero-order chi connectivity index (χ0) is 27.2. The molecule has 2 fully saturated rings. The summed E-state index contributed by atoms with van der Waals surface area (Å²) in [6.07, 6.45) is 3.22. The molecule has 0 aromatic heterocycles. The van der Waals surface area contributed by atoms with Gasteiger partial charge in [0.2, 0.25) is 0 Å². The number of carbonyl (C=O) groups excluding carboxylic acids is 2. The van der Waals surface area contributed by atoms with E-state index in [9.17, 15) is 9.59 Å². The standard InChI is InChI=1S/C31H39N3O5/c1-37-20-19-34-17-14-24(15-18-34)33-29(35)27-25-13-16-31(39-25,28(27)30(36)38-2)26(21-22-9-5-3-6-10-22)32-23-11-7-4-8-12-23/h3-12,24-26,32H,13-21H2,1-2H3,(H,33,35). The summed E-state index contributed by atoms with van der Waals surface area (Å²) in [5, 5.41) is 6.87. The van der Waals surface area contributed by atoms with Gasteiger partial charge in [-0.2, -0.15) is 0 Å². The highest BCUT2D eigenvalue weighted by atomic mass is 16.5. The number of nitrogens with one attached hydrogen (secondary N) is 2. The minimum absolute atomic E-state index is 0.0559. The molecule has 5 rings (SSSR count). The second kappa shape index (κ2) is 12.3. The van der Waals surface area contributed by atoms with E-state index in [0.29, 0.717) is 37.0 Å². The van der Waals surface area contributed by atoms with Crippen molar-refractivity contribution in [2.24, 2.45) is 0 Å². The number of esters is 1. The molecule has 0 aliphatic carbocycles. The maximum Gasteiger partial charge on any atom is 0.337 e. The van der Waals surface area contributed by atoms with Gasteiger partial charge in [-0.15, -0.1) is 0 Å². The second-order valence-corrected chi connectivity index (χ2v) is 10.6. The topological polar surface area (TPSA) is 89.1 Å². The molecule has 3 aliphatic heterocycles. The third kappa shape index (κ3) is 5.88. The Morgan fingerprint density at radius 2 is 1.72 bits per heavy atom. The molecule has 8 heteroatoms. The van der Waals surface area contributed by atoms with Crippen molar-refractivity contribution in [2.75, 3.05) is 45.8 Å². The van der Waals surface area contributed by atoms with Crippen LogP contribution in [0.3, 0.4) is 0 Å². The number of benzene rings is 2. The molecule has 2 aromatic rings. The Morgan fingerprint density at radius 1 is 1.03 bits per heavy atom. The van der Waals surface area contributed by atoms with E-state index in [-0.39, 0.29) is 18.0 Å². The zero-order valence-electron chi connectivity index (χ0n) is 22.9. The first-order chi connectivity index (χ1) is 19.0. The highest BCUT2D eigenvalue weighted by molar-refractivity contribution is 6.06. The largest absolute Gasteiger partial charge is 0.466 e. The van der Waals surface area contributed by atoms with E-state index < -0.39 is 17.7 Å². The van der Waals surface area contributed by atoms with Gasteiger partial charge in [0.25, 0.3) is 5.91 Å². The fraction of sp³-hybridized carbons (Fsp3) is 0.484. The number of carbonyl (C=O) groups is 2. The molecule has 0 spiro atoms. The molecular formula is C31H39N3O5. The SMILES string of the molecule is COCCN1CCC(NC(=O)C2=C(C(=O)OC)C3(C(Cc4ccccc4)Nc4ccccc4)CCC2O3)CC1. The van der Waals surface area contributed by atoms with Gasteiger partial charge in [-0.3, -0.25) is 4.79 Å². The van der Waals surface area contributed by atoms with Crippen LogP contribution >= 0.6 is 0 Å².